The summed E-state index contributed by atoms with van der Waals surface area (Å²) in [4.78, 5) is 21.3. The van der Waals surface area contributed by atoms with Crippen molar-refractivity contribution in [1.29, 1.82) is 0 Å². The zero-order valence-electron chi connectivity index (χ0n) is 17.4. The lowest BCUT2D eigenvalue weighted by Crippen LogP contribution is -2.22. The van der Waals surface area contributed by atoms with Crippen LogP contribution in [-0.2, 0) is 6.54 Å². The van der Waals surface area contributed by atoms with Crippen LogP contribution in [0.3, 0.4) is 0 Å². The van der Waals surface area contributed by atoms with Gasteiger partial charge in [0.1, 0.15) is 5.75 Å². The monoisotopic (exact) mass is 444 g/mol. The fourth-order valence-corrected chi connectivity index (χ4v) is 3.23. The molecule has 3 aromatic carbocycles. The molecule has 0 radical (unpaired) electrons. The minimum atomic E-state index is -0.152. The summed E-state index contributed by atoms with van der Waals surface area (Å²) in [5.41, 5.74) is 4.04. The molecule has 0 aliphatic carbocycles. The third-order valence-corrected chi connectivity index (χ3v) is 5.04. The van der Waals surface area contributed by atoms with Crippen LogP contribution in [0.15, 0.2) is 85.1 Å². The van der Waals surface area contributed by atoms with Gasteiger partial charge in [-0.15, -0.1) is 0 Å². The van der Waals surface area contributed by atoms with Crippen LogP contribution in [0.2, 0.25) is 5.02 Å². The summed E-state index contributed by atoms with van der Waals surface area (Å²) >= 11 is 5.96. The number of rotatable bonds is 7. The van der Waals surface area contributed by atoms with Gasteiger partial charge in [0.15, 0.2) is 0 Å². The average molecular weight is 445 g/mol. The minimum Gasteiger partial charge on any atom is -0.497 e. The van der Waals surface area contributed by atoms with E-state index in [1.807, 2.05) is 66.7 Å². The van der Waals surface area contributed by atoms with Gasteiger partial charge in [0.2, 0.25) is 5.95 Å². The molecular formula is C25H21ClN4O2. The molecule has 0 aliphatic heterocycles. The summed E-state index contributed by atoms with van der Waals surface area (Å²) in [6.45, 7) is 0.418. The molecule has 7 heteroatoms. The van der Waals surface area contributed by atoms with E-state index in [4.69, 9.17) is 16.3 Å². The maximum absolute atomic E-state index is 12.5. The molecule has 2 N–H and O–H groups in total. The van der Waals surface area contributed by atoms with Crippen LogP contribution in [-0.4, -0.2) is 23.0 Å². The lowest BCUT2D eigenvalue weighted by molar-refractivity contribution is 0.0951. The average Bonchev–Trinajstić information content (AvgIpc) is 2.84. The number of ether oxygens (including phenoxy) is 1. The summed E-state index contributed by atoms with van der Waals surface area (Å²) in [7, 11) is 1.62. The van der Waals surface area contributed by atoms with Gasteiger partial charge in [-0.2, -0.15) is 0 Å². The van der Waals surface area contributed by atoms with E-state index in [1.165, 1.54) is 0 Å². The van der Waals surface area contributed by atoms with Gasteiger partial charge >= 0.3 is 0 Å². The molecule has 4 rings (SSSR count). The van der Waals surface area contributed by atoms with Crippen molar-refractivity contribution in [3.05, 3.63) is 101 Å². The van der Waals surface area contributed by atoms with Crippen molar-refractivity contribution >= 4 is 29.1 Å². The van der Waals surface area contributed by atoms with E-state index in [1.54, 1.807) is 25.4 Å². The normalized spacial score (nSPS) is 10.4. The number of carbonyl (C=O) groups excluding carboxylic acids is 1. The number of methoxy groups -OCH3 is 1. The van der Waals surface area contributed by atoms with Crippen LogP contribution in [0.4, 0.5) is 11.6 Å². The highest BCUT2D eigenvalue weighted by Crippen LogP contribution is 2.21. The quantitative estimate of drug-likeness (QED) is 0.394. The van der Waals surface area contributed by atoms with Crippen molar-refractivity contribution < 1.29 is 9.53 Å². The molecule has 0 saturated carbocycles. The largest absolute Gasteiger partial charge is 0.497 e. The summed E-state index contributed by atoms with van der Waals surface area (Å²) in [5.74, 6) is 1.07. The maximum atomic E-state index is 12.5. The Balaban J connectivity index is 1.39. The first-order valence-electron chi connectivity index (χ1n) is 9.98. The molecule has 0 spiro atoms. The molecular weight excluding hydrogens is 424 g/mol. The van der Waals surface area contributed by atoms with Gasteiger partial charge in [0.25, 0.3) is 5.91 Å². The number of halogens is 1. The zero-order valence-corrected chi connectivity index (χ0v) is 18.1. The number of hydrogen-bond acceptors (Lipinski definition) is 5. The number of nitrogens with one attached hydrogen (secondary N) is 2. The van der Waals surface area contributed by atoms with Gasteiger partial charge < -0.3 is 15.4 Å². The fraction of sp³-hybridized carbons (Fsp3) is 0.0800. The molecule has 4 aromatic rings. The van der Waals surface area contributed by atoms with E-state index < -0.39 is 0 Å². The second kappa shape index (κ2) is 9.94. The number of hydrogen-bond donors (Lipinski definition) is 2. The van der Waals surface area contributed by atoms with E-state index in [0.29, 0.717) is 23.1 Å². The van der Waals surface area contributed by atoms with E-state index in [2.05, 4.69) is 20.6 Å². The minimum absolute atomic E-state index is 0.152. The van der Waals surface area contributed by atoms with E-state index >= 15 is 0 Å². The highest BCUT2D eigenvalue weighted by molar-refractivity contribution is 6.30. The molecule has 0 bridgehead atoms. The summed E-state index contributed by atoms with van der Waals surface area (Å²) < 4.78 is 5.21. The Kier molecular flexibility index (Phi) is 6.63. The van der Waals surface area contributed by atoms with E-state index in [9.17, 15) is 4.79 Å². The molecule has 0 unspecified atom stereocenters. The first kappa shape index (κ1) is 21.3. The summed E-state index contributed by atoms with van der Waals surface area (Å²) in [5, 5.41) is 6.76. The Hall–Kier alpha value is -3.90. The number of amides is 1. The number of carbonyl (C=O) groups is 1. The molecule has 0 aliphatic rings. The second-order valence-corrected chi connectivity index (χ2v) is 7.45. The number of aromatic nitrogens is 2. The van der Waals surface area contributed by atoms with Crippen LogP contribution in [0, 0.1) is 0 Å². The number of benzene rings is 3. The molecule has 1 amide bonds. The molecule has 0 saturated heterocycles. The van der Waals surface area contributed by atoms with Crippen LogP contribution in [0.5, 0.6) is 5.75 Å². The predicted molar refractivity (Wildman–Crippen MR) is 126 cm³/mol. The molecule has 6 nitrogen and oxygen atoms in total. The molecule has 1 heterocycles. The highest BCUT2D eigenvalue weighted by Gasteiger charge is 2.07. The number of nitrogens with zero attached hydrogens (tertiary/aromatic N) is 2. The van der Waals surface area contributed by atoms with Crippen molar-refractivity contribution in [3.8, 4) is 17.0 Å². The first-order chi connectivity index (χ1) is 15.6. The second-order valence-electron chi connectivity index (χ2n) is 7.01. The molecule has 0 fully saturated rings. The van der Waals surface area contributed by atoms with Crippen molar-refractivity contribution in [2.45, 2.75) is 6.54 Å². The van der Waals surface area contributed by atoms with Gasteiger partial charge in [-0.1, -0.05) is 35.9 Å². The SMILES string of the molecule is COc1cccc(CNC(=O)c2ccc(Nc3nccc(-c4ccc(Cl)cc4)n3)cc2)c1. The van der Waals surface area contributed by atoms with Gasteiger partial charge in [-0.25, -0.2) is 9.97 Å². The Labute approximate surface area is 191 Å². The van der Waals surface area contributed by atoms with Crippen LogP contribution >= 0.6 is 11.6 Å². The standard InChI is InChI=1S/C25H21ClN4O2/c1-32-22-4-2-3-17(15-22)16-28-24(31)19-7-11-21(12-8-19)29-25-27-14-13-23(30-25)18-5-9-20(26)10-6-18/h2-15H,16H2,1H3,(H,28,31)(H,27,29,30). The van der Waals surface area contributed by atoms with E-state index in [-0.39, 0.29) is 5.91 Å². The first-order valence-corrected chi connectivity index (χ1v) is 10.4. The maximum Gasteiger partial charge on any atom is 0.251 e. The molecule has 160 valence electrons. The van der Waals surface area contributed by atoms with Crippen molar-refractivity contribution in [2.75, 3.05) is 12.4 Å². The fourth-order valence-electron chi connectivity index (χ4n) is 3.10. The van der Waals surface area contributed by atoms with Crippen LogP contribution < -0.4 is 15.4 Å². The predicted octanol–water partition coefficient (Wildman–Crippen LogP) is 5.48. The zero-order chi connectivity index (χ0) is 22.3. The lowest BCUT2D eigenvalue weighted by atomic mass is 10.1. The molecule has 1 aromatic heterocycles. The highest BCUT2D eigenvalue weighted by atomic mass is 35.5. The third-order valence-electron chi connectivity index (χ3n) is 4.79. The Morgan fingerprint density at radius 3 is 2.53 bits per heavy atom. The van der Waals surface area contributed by atoms with Crippen molar-refractivity contribution in [1.82, 2.24) is 15.3 Å². The van der Waals surface area contributed by atoms with Gasteiger partial charge in [-0.3, -0.25) is 4.79 Å². The van der Waals surface area contributed by atoms with Crippen LogP contribution in [0.25, 0.3) is 11.3 Å². The molecule has 0 atom stereocenters. The summed E-state index contributed by atoms with van der Waals surface area (Å²) in [6.07, 6.45) is 1.69. The van der Waals surface area contributed by atoms with Gasteiger partial charge in [0, 0.05) is 34.6 Å². The van der Waals surface area contributed by atoms with Crippen LogP contribution in [0.1, 0.15) is 15.9 Å². The topological polar surface area (TPSA) is 76.1 Å². The Morgan fingerprint density at radius 1 is 1.00 bits per heavy atom. The van der Waals surface area contributed by atoms with Gasteiger partial charge in [-0.05, 0) is 60.2 Å². The van der Waals surface area contributed by atoms with E-state index in [0.717, 1.165) is 28.3 Å². The lowest BCUT2D eigenvalue weighted by Gasteiger charge is -2.09. The molecule has 32 heavy (non-hydrogen) atoms. The number of anilines is 2. The Bertz CT molecular complexity index is 1210. The summed E-state index contributed by atoms with van der Waals surface area (Å²) in [6, 6.07) is 24.0. The van der Waals surface area contributed by atoms with Crippen molar-refractivity contribution in [2.24, 2.45) is 0 Å². The van der Waals surface area contributed by atoms with Crippen molar-refractivity contribution in [3.63, 3.8) is 0 Å². The Morgan fingerprint density at radius 2 is 1.78 bits per heavy atom. The smallest absolute Gasteiger partial charge is 0.251 e. The van der Waals surface area contributed by atoms with Gasteiger partial charge in [0.05, 0.1) is 12.8 Å². The third kappa shape index (κ3) is 5.42.